The van der Waals surface area contributed by atoms with E-state index in [1.807, 2.05) is 0 Å². The standard InChI is InChI=1S/C54H43N/c1-36-39-21-7-9-23-41(39)45-27-13-14-30-49(45)53(36)55(38-33-34-47-46-28-15-17-31-50(46)54(2,3)51(47)35-38)52-32-18-16-29-48(52)44-26-12-11-25-43(44)42-24-10-8-22-40(42)37-19-5-4-6-20-37/h4-36,53H,1-3H3. The second kappa shape index (κ2) is 13.1. The zero-order valence-electron chi connectivity index (χ0n) is 31.6. The van der Waals surface area contributed by atoms with Gasteiger partial charge in [0.25, 0.3) is 0 Å². The van der Waals surface area contributed by atoms with E-state index in [-0.39, 0.29) is 17.4 Å². The molecule has 0 saturated carbocycles. The highest BCUT2D eigenvalue weighted by Gasteiger charge is 2.39. The number of fused-ring (bicyclic) bond motifs is 6. The fourth-order valence-electron chi connectivity index (χ4n) is 9.69. The van der Waals surface area contributed by atoms with Crippen molar-refractivity contribution in [1.82, 2.24) is 0 Å². The Morgan fingerprint density at radius 3 is 1.56 bits per heavy atom. The van der Waals surface area contributed by atoms with Crippen LogP contribution in [0.3, 0.4) is 0 Å². The Bertz CT molecular complexity index is 2720. The summed E-state index contributed by atoms with van der Waals surface area (Å²) in [6.45, 7) is 7.19. The summed E-state index contributed by atoms with van der Waals surface area (Å²) in [4.78, 5) is 2.67. The number of hydrogen-bond donors (Lipinski definition) is 0. The van der Waals surface area contributed by atoms with Gasteiger partial charge in [-0.25, -0.2) is 0 Å². The first-order valence-corrected chi connectivity index (χ1v) is 19.6. The Balaban J connectivity index is 1.23. The molecule has 8 aromatic rings. The van der Waals surface area contributed by atoms with Crippen LogP contribution in [0.2, 0.25) is 0 Å². The first kappa shape index (κ1) is 33.2. The number of hydrogen-bond acceptors (Lipinski definition) is 1. The molecule has 0 N–H and O–H groups in total. The van der Waals surface area contributed by atoms with Crippen molar-refractivity contribution in [2.75, 3.05) is 4.90 Å². The van der Waals surface area contributed by atoms with Crippen LogP contribution in [0.25, 0.3) is 55.6 Å². The number of benzene rings is 8. The van der Waals surface area contributed by atoms with E-state index in [1.54, 1.807) is 0 Å². The highest BCUT2D eigenvalue weighted by molar-refractivity contribution is 5.96. The largest absolute Gasteiger partial charge is 0.333 e. The van der Waals surface area contributed by atoms with Gasteiger partial charge in [0, 0.05) is 28.3 Å². The zero-order valence-corrected chi connectivity index (χ0v) is 31.6. The van der Waals surface area contributed by atoms with Crippen LogP contribution in [-0.4, -0.2) is 0 Å². The van der Waals surface area contributed by atoms with Crippen molar-refractivity contribution in [2.24, 2.45) is 0 Å². The molecule has 8 aromatic carbocycles. The lowest BCUT2D eigenvalue weighted by Gasteiger charge is -2.43. The van der Waals surface area contributed by atoms with Gasteiger partial charge in [-0.15, -0.1) is 0 Å². The van der Waals surface area contributed by atoms with Crippen LogP contribution >= 0.6 is 0 Å². The van der Waals surface area contributed by atoms with E-state index in [0.717, 1.165) is 0 Å². The van der Waals surface area contributed by atoms with Crippen molar-refractivity contribution in [3.63, 3.8) is 0 Å². The normalized spacial score (nSPS) is 16.1. The van der Waals surface area contributed by atoms with Crippen molar-refractivity contribution >= 4 is 11.4 Å². The van der Waals surface area contributed by atoms with E-state index >= 15 is 0 Å². The summed E-state index contributed by atoms with van der Waals surface area (Å²) in [5.74, 6) is 0.215. The number of para-hydroxylation sites is 1. The Hall–Kier alpha value is -6.44. The molecule has 10 rings (SSSR count). The third-order valence-corrected chi connectivity index (χ3v) is 12.3. The molecule has 0 heterocycles. The smallest absolute Gasteiger partial charge is 0.0663 e. The molecule has 2 atom stereocenters. The molecule has 0 aliphatic heterocycles. The van der Waals surface area contributed by atoms with Crippen LogP contribution in [0.4, 0.5) is 11.4 Å². The predicted octanol–water partition coefficient (Wildman–Crippen LogP) is 14.7. The number of anilines is 2. The average molecular weight is 706 g/mol. The molecule has 264 valence electrons. The van der Waals surface area contributed by atoms with Crippen LogP contribution < -0.4 is 4.90 Å². The van der Waals surface area contributed by atoms with Crippen LogP contribution in [0.5, 0.6) is 0 Å². The average Bonchev–Trinajstić information content (AvgIpc) is 3.48. The van der Waals surface area contributed by atoms with Gasteiger partial charge in [0.15, 0.2) is 0 Å². The molecule has 2 aliphatic rings. The van der Waals surface area contributed by atoms with Gasteiger partial charge in [0.1, 0.15) is 0 Å². The van der Waals surface area contributed by atoms with Gasteiger partial charge in [0.05, 0.1) is 6.04 Å². The molecule has 0 radical (unpaired) electrons. The molecule has 55 heavy (non-hydrogen) atoms. The number of rotatable bonds is 6. The van der Waals surface area contributed by atoms with Gasteiger partial charge in [-0.3, -0.25) is 0 Å². The summed E-state index contributed by atoms with van der Waals surface area (Å²) in [6.07, 6.45) is 0. The predicted molar refractivity (Wildman–Crippen MR) is 232 cm³/mol. The maximum Gasteiger partial charge on any atom is 0.0663 e. The van der Waals surface area contributed by atoms with Gasteiger partial charge in [-0.05, 0) is 90.5 Å². The quantitative estimate of drug-likeness (QED) is 0.166. The van der Waals surface area contributed by atoms with Gasteiger partial charge in [-0.2, -0.15) is 0 Å². The lowest BCUT2D eigenvalue weighted by atomic mass is 9.75. The maximum absolute atomic E-state index is 2.67. The topological polar surface area (TPSA) is 3.24 Å². The van der Waals surface area contributed by atoms with Gasteiger partial charge in [-0.1, -0.05) is 197 Å². The van der Waals surface area contributed by atoms with Crippen molar-refractivity contribution in [2.45, 2.75) is 38.1 Å². The van der Waals surface area contributed by atoms with E-state index in [1.165, 1.54) is 89.3 Å². The minimum absolute atomic E-state index is 0.0426. The maximum atomic E-state index is 2.67. The Morgan fingerprint density at radius 1 is 0.382 bits per heavy atom. The van der Waals surface area contributed by atoms with Gasteiger partial charge >= 0.3 is 0 Å². The van der Waals surface area contributed by atoms with Gasteiger partial charge in [0.2, 0.25) is 0 Å². The van der Waals surface area contributed by atoms with Crippen LogP contribution in [0.15, 0.2) is 194 Å². The van der Waals surface area contributed by atoms with Crippen molar-refractivity contribution in [1.29, 1.82) is 0 Å². The lowest BCUT2D eigenvalue weighted by Crippen LogP contribution is -2.31. The second-order valence-corrected chi connectivity index (χ2v) is 15.7. The van der Waals surface area contributed by atoms with Crippen LogP contribution in [0, 0.1) is 0 Å². The van der Waals surface area contributed by atoms with Crippen LogP contribution in [0.1, 0.15) is 55.0 Å². The van der Waals surface area contributed by atoms with E-state index in [4.69, 9.17) is 0 Å². The third-order valence-electron chi connectivity index (χ3n) is 12.3. The van der Waals surface area contributed by atoms with E-state index in [9.17, 15) is 0 Å². The SMILES string of the molecule is CC1c2ccccc2-c2ccccc2C1N(c1ccc2c(c1)C(C)(C)c1ccccc1-2)c1ccccc1-c1ccccc1-c1ccccc1-c1ccccc1. The highest BCUT2D eigenvalue weighted by atomic mass is 15.2. The molecule has 0 bridgehead atoms. The lowest BCUT2D eigenvalue weighted by molar-refractivity contribution is 0.575. The summed E-state index contributed by atoms with van der Waals surface area (Å²) in [7, 11) is 0. The van der Waals surface area contributed by atoms with Crippen molar-refractivity contribution in [3.8, 4) is 55.6 Å². The zero-order chi connectivity index (χ0) is 37.1. The summed E-state index contributed by atoms with van der Waals surface area (Å²) in [6, 6.07) is 72.0. The Kier molecular flexibility index (Phi) is 7.92. The molecule has 2 unspecified atom stereocenters. The molecule has 0 saturated heterocycles. The Morgan fingerprint density at radius 2 is 0.855 bits per heavy atom. The number of nitrogens with zero attached hydrogens (tertiary/aromatic N) is 1. The third kappa shape index (κ3) is 5.29. The molecule has 0 aromatic heterocycles. The minimum atomic E-state index is -0.121. The fourth-order valence-corrected chi connectivity index (χ4v) is 9.69. The minimum Gasteiger partial charge on any atom is -0.333 e. The molecular weight excluding hydrogens is 663 g/mol. The monoisotopic (exact) mass is 705 g/mol. The molecule has 0 spiro atoms. The molecule has 1 heteroatoms. The molecule has 0 amide bonds. The van der Waals surface area contributed by atoms with Crippen molar-refractivity contribution in [3.05, 3.63) is 216 Å². The second-order valence-electron chi connectivity index (χ2n) is 15.7. The Labute approximate surface area is 325 Å². The summed E-state index contributed by atoms with van der Waals surface area (Å²) >= 11 is 0. The first-order valence-electron chi connectivity index (χ1n) is 19.6. The van der Waals surface area contributed by atoms with Gasteiger partial charge < -0.3 is 4.90 Å². The van der Waals surface area contributed by atoms with E-state index in [2.05, 4.69) is 220 Å². The summed E-state index contributed by atoms with van der Waals surface area (Å²) in [5, 5.41) is 0. The molecule has 1 nitrogen and oxygen atoms in total. The summed E-state index contributed by atoms with van der Waals surface area (Å²) < 4.78 is 0. The van der Waals surface area contributed by atoms with E-state index in [0.29, 0.717) is 0 Å². The van der Waals surface area contributed by atoms with E-state index < -0.39 is 0 Å². The van der Waals surface area contributed by atoms with Crippen molar-refractivity contribution < 1.29 is 0 Å². The molecule has 0 fully saturated rings. The first-order chi connectivity index (χ1) is 27.0. The molecular formula is C54H43N. The highest BCUT2D eigenvalue weighted by Crippen LogP contribution is 2.56. The fraction of sp³-hybridized carbons (Fsp3) is 0.111. The summed E-state index contributed by atoms with van der Waals surface area (Å²) in [5.41, 5.74) is 20.5. The van der Waals surface area contributed by atoms with Crippen LogP contribution in [-0.2, 0) is 5.41 Å². The molecule has 2 aliphatic carbocycles.